The van der Waals surface area contributed by atoms with Crippen LogP contribution < -0.4 is 5.73 Å². The number of carbonyl (C=O) groups excluding carboxylic acids is 2. The van der Waals surface area contributed by atoms with Gasteiger partial charge in [-0.2, -0.15) is 0 Å². The van der Waals surface area contributed by atoms with Gasteiger partial charge in [-0.1, -0.05) is 0 Å². The molecule has 0 atom stereocenters. The highest BCUT2D eigenvalue weighted by molar-refractivity contribution is 5.86. The third-order valence-corrected chi connectivity index (χ3v) is 3.44. The zero-order chi connectivity index (χ0) is 16.2. The first-order valence-electron chi connectivity index (χ1n) is 6.90. The van der Waals surface area contributed by atoms with Crippen molar-refractivity contribution < 1.29 is 19.5 Å². The fourth-order valence-corrected chi connectivity index (χ4v) is 2.31. The van der Waals surface area contributed by atoms with Crippen LogP contribution >= 0.6 is 0 Å². The maximum absolute atomic E-state index is 12.3. The lowest BCUT2D eigenvalue weighted by atomic mass is 10.1. The zero-order valence-electron chi connectivity index (χ0n) is 12.8. The molecule has 1 saturated heterocycles. The lowest BCUT2D eigenvalue weighted by Crippen LogP contribution is -2.58. The summed E-state index contributed by atoms with van der Waals surface area (Å²) in [6.07, 6.45) is 0. The van der Waals surface area contributed by atoms with Crippen LogP contribution in [0, 0.1) is 0 Å². The molecule has 21 heavy (non-hydrogen) atoms. The molecule has 1 aliphatic rings. The van der Waals surface area contributed by atoms with Crippen molar-refractivity contribution in [2.24, 2.45) is 5.73 Å². The van der Waals surface area contributed by atoms with Crippen molar-refractivity contribution in [3.8, 4) is 0 Å². The third kappa shape index (κ3) is 5.22. The second kappa shape index (κ2) is 6.75. The van der Waals surface area contributed by atoms with Crippen LogP contribution in [0.25, 0.3) is 0 Å². The molecule has 0 radical (unpaired) electrons. The fourth-order valence-electron chi connectivity index (χ4n) is 2.31. The Balaban J connectivity index is 2.65. The summed E-state index contributed by atoms with van der Waals surface area (Å²) in [5.74, 6) is -1.89. The lowest BCUT2D eigenvalue weighted by Gasteiger charge is -2.43. The highest BCUT2D eigenvalue weighted by Gasteiger charge is 2.30. The summed E-state index contributed by atoms with van der Waals surface area (Å²) in [5, 5.41) is 8.82. The molecule has 0 spiro atoms. The Hall–Kier alpha value is -1.83. The lowest BCUT2D eigenvalue weighted by molar-refractivity contribution is -0.138. The summed E-state index contributed by atoms with van der Waals surface area (Å²) in [5.41, 5.74) is 5.09. The SMILES string of the molecule is CC(C)(C)N1CCN(C(=O)N(CC(N)=O)CC(=O)O)CC1. The van der Waals surface area contributed by atoms with E-state index < -0.39 is 24.5 Å². The quantitative estimate of drug-likeness (QED) is 0.720. The van der Waals surface area contributed by atoms with Gasteiger partial charge in [0.05, 0.1) is 0 Å². The molecule has 1 rings (SSSR count). The number of carboxylic acids is 1. The van der Waals surface area contributed by atoms with Gasteiger partial charge in [0, 0.05) is 31.7 Å². The number of hydrogen-bond acceptors (Lipinski definition) is 4. The van der Waals surface area contributed by atoms with Gasteiger partial charge in [-0.3, -0.25) is 14.5 Å². The van der Waals surface area contributed by atoms with Gasteiger partial charge < -0.3 is 20.6 Å². The van der Waals surface area contributed by atoms with Gasteiger partial charge in [-0.15, -0.1) is 0 Å². The van der Waals surface area contributed by atoms with E-state index in [9.17, 15) is 14.4 Å². The summed E-state index contributed by atoms with van der Waals surface area (Å²) in [6, 6.07) is -0.454. The number of aliphatic carboxylic acids is 1. The van der Waals surface area contributed by atoms with Crippen LogP contribution in [-0.2, 0) is 9.59 Å². The van der Waals surface area contributed by atoms with Crippen LogP contribution in [0.2, 0.25) is 0 Å². The topological polar surface area (TPSA) is 107 Å². The number of urea groups is 1. The maximum atomic E-state index is 12.3. The van der Waals surface area contributed by atoms with Crippen LogP contribution in [0.3, 0.4) is 0 Å². The number of carbonyl (C=O) groups is 3. The van der Waals surface area contributed by atoms with Crippen LogP contribution in [0.15, 0.2) is 0 Å². The number of piperazine rings is 1. The maximum Gasteiger partial charge on any atom is 0.323 e. The molecule has 1 aliphatic heterocycles. The molecule has 1 heterocycles. The van der Waals surface area contributed by atoms with E-state index in [2.05, 4.69) is 25.7 Å². The van der Waals surface area contributed by atoms with E-state index in [-0.39, 0.29) is 12.1 Å². The number of hydrogen-bond donors (Lipinski definition) is 2. The Bertz CT molecular complexity index is 395. The average molecular weight is 300 g/mol. The summed E-state index contributed by atoms with van der Waals surface area (Å²) >= 11 is 0. The van der Waals surface area contributed by atoms with Gasteiger partial charge in [0.1, 0.15) is 13.1 Å². The molecule has 8 heteroatoms. The Morgan fingerprint density at radius 3 is 2.00 bits per heavy atom. The van der Waals surface area contributed by atoms with E-state index in [1.54, 1.807) is 4.90 Å². The van der Waals surface area contributed by atoms with E-state index in [0.29, 0.717) is 26.2 Å². The summed E-state index contributed by atoms with van der Waals surface area (Å²) in [6.45, 7) is 7.85. The van der Waals surface area contributed by atoms with Gasteiger partial charge in [-0.05, 0) is 20.8 Å². The number of nitrogens with zero attached hydrogens (tertiary/aromatic N) is 3. The van der Waals surface area contributed by atoms with Gasteiger partial charge in [0.2, 0.25) is 5.91 Å². The molecule has 120 valence electrons. The monoisotopic (exact) mass is 300 g/mol. The Labute approximate surface area is 124 Å². The molecule has 3 amide bonds. The Kier molecular flexibility index (Phi) is 5.54. The van der Waals surface area contributed by atoms with Crippen LogP contribution in [0.1, 0.15) is 20.8 Å². The molecular weight excluding hydrogens is 276 g/mol. The Morgan fingerprint density at radius 1 is 1.10 bits per heavy atom. The van der Waals surface area contributed by atoms with E-state index in [1.165, 1.54) is 0 Å². The predicted octanol–water partition coefficient (Wildman–Crippen LogP) is -0.606. The van der Waals surface area contributed by atoms with Crippen molar-refractivity contribution >= 4 is 17.9 Å². The smallest absolute Gasteiger partial charge is 0.323 e. The van der Waals surface area contributed by atoms with Crippen molar-refractivity contribution in [1.82, 2.24) is 14.7 Å². The minimum absolute atomic E-state index is 0.0309. The first-order valence-corrected chi connectivity index (χ1v) is 6.90. The van der Waals surface area contributed by atoms with Gasteiger partial charge in [0.25, 0.3) is 0 Å². The van der Waals surface area contributed by atoms with Gasteiger partial charge in [-0.25, -0.2) is 4.79 Å². The molecule has 0 aromatic heterocycles. The van der Waals surface area contributed by atoms with E-state index in [0.717, 1.165) is 4.90 Å². The number of carboxylic acid groups (broad SMARTS) is 1. The van der Waals surface area contributed by atoms with E-state index in [4.69, 9.17) is 10.8 Å². The molecular formula is C13H24N4O4. The first kappa shape index (κ1) is 17.2. The molecule has 0 aliphatic carbocycles. The number of amides is 3. The minimum Gasteiger partial charge on any atom is -0.480 e. The van der Waals surface area contributed by atoms with Crippen LogP contribution in [0.4, 0.5) is 4.79 Å². The summed E-state index contributed by atoms with van der Waals surface area (Å²) in [7, 11) is 0. The molecule has 0 bridgehead atoms. The largest absolute Gasteiger partial charge is 0.480 e. The number of rotatable bonds is 4. The molecule has 0 aromatic carbocycles. The van der Waals surface area contributed by atoms with Crippen LogP contribution in [-0.4, -0.2) is 82.5 Å². The molecule has 0 unspecified atom stereocenters. The minimum atomic E-state index is -1.17. The van der Waals surface area contributed by atoms with Crippen LogP contribution in [0.5, 0.6) is 0 Å². The second-order valence-electron chi connectivity index (χ2n) is 6.14. The zero-order valence-corrected chi connectivity index (χ0v) is 12.8. The highest BCUT2D eigenvalue weighted by atomic mass is 16.4. The van der Waals surface area contributed by atoms with Gasteiger partial charge >= 0.3 is 12.0 Å². The van der Waals surface area contributed by atoms with Crippen molar-refractivity contribution in [2.45, 2.75) is 26.3 Å². The number of nitrogens with two attached hydrogens (primary N) is 1. The normalized spacial score (nSPS) is 16.6. The molecule has 3 N–H and O–H groups in total. The molecule has 1 fully saturated rings. The third-order valence-electron chi connectivity index (χ3n) is 3.44. The Morgan fingerprint density at radius 2 is 1.62 bits per heavy atom. The first-order chi connectivity index (χ1) is 9.61. The van der Waals surface area contributed by atoms with Crippen molar-refractivity contribution in [2.75, 3.05) is 39.3 Å². The van der Waals surface area contributed by atoms with Crippen molar-refractivity contribution in [3.63, 3.8) is 0 Å². The molecule has 0 saturated carbocycles. The van der Waals surface area contributed by atoms with Crippen molar-refractivity contribution in [3.05, 3.63) is 0 Å². The predicted molar refractivity (Wildman–Crippen MR) is 76.7 cm³/mol. The summed E-state index contributed by atoms with van der Waals surface area (Å²) < 4.78 is 0. The highest BCUT2D eigenvalue weighted by Crippen LogP contribution is 2.16. The standard InChI is InChI=1S/C13H24N4O4/c1-13(2,3)17-6-4-15(5-7-17)12(21)16(8-10(14)18)9-11(19)20/h4-9H2,1-3H3,(H2,14,18)(H,19,20). The average Bonchev–Trinajstić information content (AvgIpc) is 2.35. The fraction of sp³-hybridized carbons (Fsp3) is 0.769. The number of primary amides is 1. The van der Waals surface area contributed by atoms with E-state index >= 15 is 0 Å². The van der Waals surface area contributed by atoms with Gasteiger partial charge in [0.15, 0.2) is 0 Å². The molecule has 8 nitrogen and oxygen atoms in total. The second-order valence-corrected chi connectivity index (χ2v) is 6.14. The van der Waals surface area contributed by atoms with Crippen molar-refractivity contribution in [1.29, 1.82) is 0 Å². The molecule has 0 aromatic rings. The van der Waals surface area contributed by atoms with E-state index in [1.807, 2.05) is 0 Å². The summed E-state index contributed by atoms with van der Waals surface area (Å²) in [4.78, 5) is 38.8.